The Morgan fingerprint density at radius 3 is 2.84 bits per heavy atom. The molecule has 8 heteroatoms. The van der Waals surface area contributed by atoms with Crippen LogP contribution in [0.1, 0.15) is 33.1 Å². The lowest BCUT2D eigenvalue weighted by Crippen LogP contribution is -2.44. The molecule has 1 aliphatic rings. The molecular formula is C17H22ClN5OS. The Balaban J connectivity index is 1.58. The van der Waals surface area contributed by atoms with Gasteiger partial charge in [-0.1, -0.05) is 50.1 Å². The number of hydrogen-bond donors (Lipinski definition) is 1. The topological polar surface area (TPSA) is 72.7 Å². The number of tetrazole rings is 1. The highest BCUT2D eigenvalue weighted by atomic mass is 35.5. The number of hydrogen-bond acceptors (Lipinski definition) is 5. The molecule has 1 aliphatic carbocycles. The van der Waals surface area contributed by atoms with E-state index >= 15 is 0 Å². The molecule has 1 fully saturated rings. The molecule has 1 amide bonds. The van der Waals surface area contributed by atoms with Crippen LogP contribution in [0.3, 0.4) is 0 Å². The Hall–Kier alpha value is -1.60. The van der Waals surface area contributed by atoms with Crippen molar-refractivity contribution in [1.82, 2.24) is 25.5 Å². The van der Waals surface area contributed by atoms with Gasteiger partial charge in [0.05, 0.1) is 11.4 Å². The van der Waals surface area contributed by atoms with Gasteiger partial charge in [0.25, 0.3) is 0 Å². The van der Waals surface area contributed by atoms with Crippen molar-refractivity contribution >= 4 is 29.3 Å². The molecule has 134 valence electrons. The summed E-state index contributed by atoms with van der Waals surface area (Å²) in [6.45, 7) is 4.49. The second kappa shape index (κ2) is 8.19. The summed E-state index contributed by atoms with van der Waals surface area (Å²) < 4.78 is 1.61. The molecule has 3 atom stereocenters. The molecule has 0 aliphatic heterocycles. The van der Waals surface area contributed by atoms with Crippen molar-refractivity contribution in [1.29, 1.82) is 0 Å². The van der Waals surface area contributed by atoms with Gasteiger partial charge in [-0.05, 0) is 52.9 Å². The maximum atomic E-state index is 12.3. The van der Waals surface area contributed by atoms with Gasteiger partial charge < -0.3 is 5.32 Å². The van der Waals surface area contributed by atoms with Crippen LogP contribution in [0.5, 0.6) is 0 Å². The van der Waals surface area contributed by atoms with Crippen molar-refractivity contribution in [2.75, 3.05) is 5.75 Å². The van der Waals surface area contributed by atoms with Crippen LogP contribution in [0.2, 0.25) is 5.02 Å². The average molecular weight is 380 g/mol. The third-order valence-corrected chi connectivity index (χ3v) is 6.07. The molecule has 0 saturated heterocycles. The summed E-state index contributed by atoms with van der Waals surface area (Å²) in [5, 5.41) is 16.1. The van der Waals surface area contributed by atoms with Crippen molar-refractivity contribution in [2.24, 2.45) is 11.8 Å². The summed E-state index contributed by atoms with van der Waals surface area (Å²) in [7, 11) is 0. The molecule has 0 spiro atoms. The molecule has 1 N–H and O–H groups in total. The second-order valence-corrected chi connectivity index (χ2v) is 7.96. The van der Waals surface area contributed by atoms with E-state index in [4.69, 9.17) is 11.6 Å². The van der Waals surface area contributed by atoms with Crippen molar-refractivity contribution in [2.45, 2.75) is 44.3 Å². The summed E-state index contributed by atoms with van der Waals surface area (Å²) in [5.74, 6) is 1.50. The Kier molecular flexibility index (Phi) is 5.96. The van der Waals surface area contributed by atoms with Crippen LogP contribution in [-0.2, 0) is 4.79 Å². The Morgan fingerprint density at radius 2 is 2.08 bits per heavy atom. The molecule has 1 saturated carbocycles. The molecule has 1 aromatic carbocycles. The molecule has 25 heavy (non-hydrogen) atoms. The average Bonchev–Trinajstić information content (AvgIpc) is 3.06. The highest BCUT2D eigenvalue weighted by Crippen LogP contribution is 2.29. The second-order valence-electron chi connectivity index (χ2n) is 6.58. The number of aromatic nitrogens is 4. The molecule has 0 unspecified atom stereocenters. The first-order valence-corrected chi connectivity index (χ1v) is 9.87. The summed E-state index contributed by atoms with van der Waals surface area (Å²) >= 11 is 7.24. The Bertz CT molecular complexity index is 720. The quantitative estimate of drug-likeness (QED) is 0.806. The first-order chi connectivity index (χ1) is 12.0. The summed E-state index contributed by atoms with van der Waals surface area (Å²) in [5.41, 5.74) is 0.812. The number of amides is 1. The smallest absolute Gasteiger partial charge is 0.230 e. The minimum atomic E-state index is 0.0293. The van der Waals surface area contributed by atoms with E-state index in [1.54, 1.807) is 16.8 Å². The molecule has 0 bridgehead atoms. The van der Waals surface area contributed by atoms with Crippen LogP contribution in [0.25, 0.3) is 5.69 Å². The molecule has 2 aromatic rings. The van der Waals surface area contributed by atoms with Crippen LogP contribution in [0.15, 0.2) is 29.4 Å². The zero-order valence-corrected chi connectivity index (χ0v) is 15.9. The number of carbonyl (C=O) groups excluding carboxylic acids is 1. The zero-order chi connectivity index (χ0) is 17.8. The van der Waals surface area contributed by atoms with Crippen molar-refractivity contribution < 1.29 is 4.79 Å². The number of benzene rings is 1. The van der Waals surface area contributed by atoms with E-state index in [0.717, 1.165) is 12.1 Å². The predicted octanol–water partition coefficient (Wildman–Crippen LogP) is 3.35. The Morgan fingerprint density at radius 1 is 1.32 bits per heavy atom. The largest absolute Gasteiger partial charge is 0.352 e. The highest BCUT2D eigenvalue weighted by Gasteiger charge is 2.28. The van der Waals surface area contributed by atoms with E-state index in [1.807, 2.05) is 12.1 Å². The van der Waals surface area contributed by atoms with E-state index in [1.165, 1.54) is 24.6 Å². The normalized spacial score (nSPS) is 23.4. The lowest BCUT2D eigenvalue weighted by Gasteiger charge is -2.34. The van der Waals surface area contributed by atoms with Gasteiger partial charge in [0, 0.05) is 11.1 Å². The van der Waals surface area contributed by atoms with E-state index < -0.39 is 0 Å². The van der Waals surface area contributed by atoms with E-state index in [2.05, 4.69) is 34.7 Å². The fraction of sp³-hybridized carbons (Fsp3) is 0.529. The van der Waals surface area contributed by atoms with Gasteiger partial charge in [0.1, 0.15) is 0 Å². The first-order valence-electron chi connectivity index (χ1n) is 8.51. The van der Waals surface area contributed by atoms with Crippen LogP contribution in [0.4, 0.5) is 0 Å². The fourth-order valence-electron chi connectivity index (χ4n) is 3.18. The molecule has 0 radical (unpaired) electrons. The molecule has 1 heterocycles. The van der Waals surface area contributed by atoms with Gasteiger partial charge in [0.2, 0.25) is 11.1 Å². The fourth-order valence-corrected chi connectivity index (χ4v) is 4.01. The maximum absolute atomic E-state index is 12.3. The summed E-state index contributed by atoms with van der Waals surface area (Å²) in [6, 6.07) is 7.52. The molecular weight excluding hydrogens is 358 g/mol. The minimum Gasteiger partial charge on any atom is -0.352 e. The van der Waals surface area contributed by atoms with Gasteiger partial charge in [0.15, 0.2) is 0 Å². The van der Waals surface area contributed by atoms with E-state index in [9.17, 15) is 4.79 Å². The third-order valence-electron chi connectivity index (χ3n) is 4.90. The van der Waals surface area contributed by atoms with Gasteiger partial charge in [-0.3, -0.25) is 4.79 Å². The molecule has 3 rings (SSSR count). The number of thioether (sulfide) groups is 1. The monoisotopic (exact) mass is 379 g/mol. The Labute approximate surface area is 156 Å². The van der Waals surface area contributed by atoms with Crippen molar-refractivity contribution in [3.8, 4) is 5.69 Å². The van der Waals surface area contributed by atoms with Crippen molar-refractivity contribution in [3.63, 3.8) is 0 Å². The first kappa shape index (κ1) is 18.2. The van der Waals surface area contributed by atoms with Crippen LogP contribution < -0.4 is 5.32 Å². The van der Waals surface area contributed by atoms with Gasteiger partial charge in [-0.2, -0.15) is 4.68 Å². The third kappa shape index (κ3) is 4.52. The predicted molar refractivity (Wildman–Crippen MR) is 99.0 cm³/mol. The van der Waals surface area contributed by atoms with Gasteiger partial charge in [-0.15, -0.1) is 5.10 Å². The van der Waals surface area contributed by atoms with Crippen molar-refractivity contribution in [3.05, 3.63) is 29.3 Å². The lowest BCUT2D eigenvalue weighted by atomic mass is 9.78. The standard InChI is InChI=1S/C17H22ClN5OS/c1-11-4-3-5-15(12(11)2)19-16(24)10-25-17-20-21-22-23(17)14-8-6-13(18)7-9-14/h6-9,11-12,15H,3-5,10H2,1-2H3,(H,19,24)/t11-,12-,15+/m1/s1. The van der Waals surface area contributed by atoms with E-state index in [0.29, 0.717) is 27.8 Å². The SMILES string of the molecule is C[C@@H]1[C@H](C)CCC[C@@H]1NC(=O)CSc1nnnn1-c1ccc(Cl)cc1. The van der Waals surface area contributed by atoms with E-state index in [-0.39, 0.29) is 11.9 Å². The number of nitrogens with one attached hydrogen (secondary N) is 1. The molecule has 6 nitrogen and oxygen atoms in total. The number of halogens is 1. The zero-order valence-electron chi connectivity index (χ0n) is 14.4. The minimum absolute atomic E-state index is 0.0293. The lowest BCUT2D eigenvalue weighted by molar-refractivity contribution is -0.120. The van der Waals surface area contributed by atoms with Gasteiger partial charge >= 0.3 is 0 Å². The summed E-state index contributed by atoms with van der Waals surface area (Å²) in [6.07, 6.45) is 3.49. The number of carbonyl (C=O) groups is 1. The van der Waals surface area contributed by atoms with Gasteiger partial charge in [-0.25, -0.2) is 0 Å². The van der Waals surface area contributed by atoms with Crippen LogP contribution >= 0.6 is 23.4 Å². The summed E-state index contributed by atoms with van der Waals surface area (Å²) in [4.78, 5) is 12.3. The van der Waals surface area contributed by atoms with Crippen LogP contribution in [-0.4, -0.2) is 37.9 Å². The van der Waals surface area contributed by atoms with Crippen LogP contribution in [0, 0.1) is 11.8 Å². The maximum Gasteiger partial charge on any atom is 0.230 e. The number of nitrogens with zero attached hydrogens (tertiary/aromatic N) is 4. The molecule has 1 aromatic heterocycles. The highest BCUT2D eigenvalue weighted by molar-refractivity contribution is 7.99. The number of rotatable bonds is 5.